The zero-order valence-corrected chi connectivity index (χ0v) is 15.8. The molecular weight excluding hydrogens is 372 g/mol. The van der Waals surface area contributed by atoms with E-state index in [1.54, 1.807) is 24.3 Å². The van der Waals surface area contributed by atoms with Gasteiger partial charge in [-0.2, -0.15) is 9.97 Å². The van der Waals surface area contributed by atoms with Gasteiger partial charge in [0.05, 0.1) is 15.6 Å². The number of thiophene rings is 1. The number of anilines is 2. The van der Waals surface area contributed by atoms with Gasteiger partial charge in [-0.05, 0) is 29.8 Å². The minimum Gasteiger partial charge on any atom is -0.481 e. The first-order valence-electron chi connectivity index (χ1n) is 8.00. The summed E-state index contributed by atoms with van der Waals surface area (Å²) in [6.45, 7) is 4.04. The Balaban J connectivity index is 1.89. The van der Waals surface area contributed by atoms with Crippen molar-refractivity contribution in [2.75, 3.05) is 5.32 Å². The zero-order chi connectivity index (χ0) is 18.7. The molecule has 0 aliphatic carbocycles. The van der Waals surface area contributed by atoms with Crippen LogP contribution in [0.2, 0.25) is 4.34 Å². The van der Waals surface area contributed by atoms with Crippen molar-refractivity contribution in [1.82, 2.24) is 15.0 Å². The maximum Gasteiger partial charge on any atom is 0.307 e. The number of hydrogen-bond donors (Lipinski definition) is 2. The third-order valence-electron chi connectivity index (χ3n) is 3.53. The molecule has 3 rings (SSSR count). The van der Waals surface area contributed by atoms with Crippen molar-refractivity contribution >= 4 is 40.5 Å². The topological polar surface area (TPSA) is 88.0 Å². The molecule has 0 saturated heterocycles. The van der Waals surface area contributed by atoms with Crippen LogP contribution < -0.4 is 5.32 Å². The van der Waals surface area contributed by atoms with Crippen LogP contribution in [0.25, 0.3) is 10.7 Å². The summed E-state index contributed by atoms with van der Waals surface area (Å²) in [6.07, 6.45) is -0.00712. The van der Waals surface area contributed by atoms with Crippen LogP contribution in [0.5, 0.6) is 0 Å². The lowest BCUT2D eigenvalue weighted by Gasteiger charge is -2.10. The Morgan fingerprint density at radius 2 is 1.88 bits per heavy atom. The number of hydrogen-bond acceptors (Lipinski definition) is 6. The van der Waals surface area contributed by atoms with Crippen molar-refractivity contribution < 1.29 is 9.90 Å². The molecule has 0 atom stereocenters. The summed E-state index contributed by atoms with van der Waals surface area (Å²) in [7, 11) is 0. The number of nitrogens with one attached hydrogen (secondary N) is 1. The van der Waals surface area contributed by atoms with Crippen LogP contribution in [0.15, 0.2) is 36.4 Å². The summed E-state index contributed by atoms with van der Waals surface area (Å²) in [6, 6.07) is 10.8. The SMILES string of the molecule is CC(C)c1nc(Nc2ccc(CC(=O)O)cc2)nc(-c2ccc(Cl)s2)n1. The fraction of sp³-hybridized carbons (Fsp3) is 0.222. The molecule has 134 valence electrons. The van der Waals surface area contributed by atoms with Gasteiger partial charge in [-0.1, -0.05) is 37.6 Å². The van der Waals surface area contributed by atoms with Crippen LogP contribution in [0.4, 0.5) is 11.6 Å². The van der Waals surface area contributed by atoms with E-state index in [1.165, 1.54) is 11.3 Å². The quantitative estimate of drug-likeness (QED) is 0.633. The van der Waals surface area contributed by atoms with Gasteiger partial charge in [0.2, 0.25) is 5.95 Å². The molecular formula is C18H17ClN4O2S. The molecule has 0 aliphatic heterocycles. The lowest BCUT2D eigenvalue weighted by molar-refractivity contribution is -0.136. The summed E-state index contributed by atoms with van der Waals surface area (Å²) < 4.78 is 0.676. The number of aliphatic carboxylic acids is 1. The summed E-state index contributed by atoms with van der Waals surface area (Å²) in [4.78, 5) is 25.1. The zero-order valence-electron chi connectivity index (χ0n) is 14.2. The Bertz CT molecular complexity index is 925. The van der Waals surface area contributed by atoms with Crippen molar-refractivity contribution in [3.05, 3.63) is 52.1 Å². The molecule has 26 heavy (non-hydrogen) atoms. The number of carboxylic acids is 1. The van der Waals surface area contributed by atoms with Crippen molar-refractivity contribution in [3.8, 4) is 10.7 Å². The van der Waals surface area contributed by atoms with Gasteiger partial charge in [0, 0.05) is 11.6 Å². The van der Waals surface area contributed by atoms with Crippen LogP contribution in [-0.4, -0.2) is 26.0 Å². The van der Waals surface area contributed by atoms with Gasteiger partial charge in [-0.15, -0.1) is 11.3 Å². The number of aromatic nitrogens is 3. The van der Waals surface area contributed by atoms with Gasteiger partial charge >= 0.3 is 5.97 Å². The predicted octanol–water partition coefficient (Wildman–Crippen LogP) is 4.75. The number of halogens is 1. The Morgan fingerprint density at radius 3 is 2.46 bits per heavy atom. The van der Waals surface area contributed by atoms with Crippen LogP contribution in [0.3, 0.4) is 0 Å². The summed E-state index contributed by atoms with van der Waals surface area (Å²) >= 11 is 7.44. The first-order valence-corrected chi connectivity index (χ1v) is 9.19. The van der Waals surface area contributed by atoms with E-state index in [-0.39, 0.29) is 12.3 Å². The second-order valence-corrected chi connectivity index (χ2v) is 7.71. The largest absolute Gasteiger partial charge is 0.481 e. The van der Waals surface area contributed by atoms with Gasteiger partial charge in [-0.25, -0.2) is 4.98 Å². The normalized spacial score (nSPS) is 10.9. The molecule has 1 aromatic carbocycles. The van der Waals surface area contributed by atoms with E-state index in [0.29, 0.717) is 21.9 Å². The van der Waals surface area contributed by atoms with Crippen LogP contribution >= 0.6 is 22.9 Å². The van der Waals surface area contributed by atoms with Crippen molar-refractivity contribution in [3.63, 3.8) is 0 Å². The molecule has 0 unspecified atom stereocenters. The Hall–Kier alpha value is -2.51. The lowest BCUT2D eigenvalue weighted by Crippen LogP contribution is -2.06. The molecule has 0 spiro atoms. The second kappa shape index (κ2) is 7.80. The third kappa shape index (κ3) is 4.56. The average Bonchev–Trinajstić information content (AvgIpc) is 3.02. The molecule has 2 aromatic heterocycles. The predicted molar refractivity (Wildman–Crippen MR) is 103 cm³/mol. The van der Waals surface area contributed by atoms with Gasteiger partial charge in [0.15, 0.2) is 5.82 Å². The molecule has 8 heteroatoms. The number of nitrogens with zero attached hydrogens (tertiary/aromatic N) is 3. The third-order valence-corrected chi connectivity index (χ3v) is 4.76. The monoisotopic (exact) mass is 388 g/mol. The van der Waals surface area contributed by atoms with Crippen molar-refractivity contribution in [2.24, 2.45) is 0 Å². The van der Waals surface area contributed by atoms with Crippen LogP contribution in [-0.2, 0) is 11.2 Å². The fourth-order valence-corrected chi connectivity index (χ4v) is 3.24. The minimum atomic E-state index is -0.857. The van der Waals surface area contributed by atoms with E-state index in [0.717, 1.165) is 16.1 Å². The van der Waals surface area contributed by atoms with Crippen molar-refractivity contribution in [1.29, 1.82) is 0 Å². The van der Waals surface area contributed by atoms with Crippen LogP contribution in [0, 0.1) is 0 Å². The Morgan fingerprint density at radius 1 is 1.15 bits per heavy atom. The van der Waals surface area contributed by atoms with Gasteiger partial charge in [0.25, 0.3) is 0 Å². The fourth-order valence-electron chi connectivity index (χ4n) is 2.26. The average molecular weight is 389 g/mol. The van der Waals surface area contributed by atoms with E-state index in [9.17, 15) is 4.79 Å². The van der Waals surface area contributed by atoms with E-state index >= 15 is 0 Å². The molecule has 2 heterocycles. The van der Waals surface area contributed by atoms with Gasteiger partial charge in [-0.3, -0.25) is 4.79 Å². The van der Waals surface area contributed by atoms with E-state index in [2.05, 4.69) is 20.3 Å². The highest BCUT2D eigenvalue weighted by Gasteiger charge is 2.13. The molecule has 0 amide bonds. The van der Waals surface area contributed by atoms with E-state index < -0.39 is 5.97 Å². The number of rotatable bonds is 6. The molecule has 0 fully saturated rings. The van der Waals surface area contributed by atoms with E-state index in [1.807, 2.05) is 26.0 Å². The van der Waals surface area contributed by atoms with Crippen molar-refractivity contribution in [2.45, 2.75) is 26.2 Å². The number of carboxylic acid groups (broad SMARTS) is 1. The van der Waals surface area contributed by atoms with E-state index in [4.69, 9.17) is 16.7 Å². The standard InChI is InChI=1S/C18H17ClN4O2S/c1-10(2)16-21-17(13-7-8-14(19)26-13)23-18(22-16)20-12-5-3-11(4-6-12)9-15(24)25/h3-8,10H,9H2,1-2H3,(H,24,25)(H,20,21,22,23). The molecule has 6 nitrogen and oxygen atoms in total. The number of benzene rings is 1. The molecule has 3 aromatic rings. The van der Waals surface area contributed by atoms with Gasteiger partial charge in [0.1, 0.15) is 5.82 Å². The molecule has 0 saturated carbocycles. The summed E-state index contributed by atoms with van der Waals surface area (Å²) in [5.41, 5.74) is 1.51. The highest BCUT2D eigenvalue weighted by atomic mass is 35.5. The maximum absolute atomic E-state index is 10.8. The second-order valence-electron chi connectivity index (χ2n) is 5.99. The molecule has 0 bridgehead atoms. The Kier molecular flexibility index (Phi) is 5.49. The molecule has 0 aliphatic rings. The van der Waals surface area contributed by atoms with Gasteiger partial charge < -0.3 is 10.4 Å². The highest BCUT2D eigenvalue weighted by molar-refractivity contribution is 7.19. The smallest absolute Gasteiger partial charge is 0.307 e. The summed E-state index contributed by atoms with van der Waals surface area (Å²) in [5, 5.41) is 12.0. The highest BCUT2D eigenvalue weighted by Crippen LogP contribution is 2.30. The first kappa shape index (κ1) is 18.3. The maximum atomic E-state index is 10.8. The molecule has 2 N–H and O–H groups in total. The lowest BCUT2D eigenvalue weighted by atomic mass is 10.1. The first-order chi connectivity index (χ1) is 12.4. The molecule has 0 radical (unpaired) electrons. The van der Waals surface area contributed by atoms with Crippen LogP contribution in [0.1, 0.15) is 31.2 Å². The number of carbonyl (C=O) groups is 1. The minimum absolute atomic E-state index is 0.00712. The Labute approximate surface area is 159 Å². The summed E-state index contributed by atoms with van der Waals surface area (Å²) in [5.74, 6) is 0.985.